The van der Waals surface area contributed by atoms with Crippen molar-refractivity contribution in [1.29, 1.82) is 5.26 Å². The van der Waals surface area contributed by atoms with Gasteiger partial charge in [0.2, 0.25) is 0 Å². The summed E-state index contributed by atoms with van der Waals surface area (Å²) in [5.74, 6) is -0.151. The zero-order valence-electron chi connectivity index (χ0n) is 16.9. The zero-order valence-corrected chi connectivity index (χ0v) is 17.7. The standard InChI is InChI=1S/C23H23ClN4O2/c1-15-21(12-17-5-3-6-18(11-17)23(30)26-9-4-10-29)16(2)28(27-15)20-8-7-19(14-25)22(24)13-20/h3,5-8,11,13,29H,4,9-10,12H2,1-2H3,(H,26,30). The Balaban J connectivity index is 1.85. The number of amides is 1. The van der Waals surface area contributed by atoms with Gasteiger partial charge in [0.1, 0.15) is 6.07 Å². The number of aliphatic hydroxyl groups excluding tert-OH is 1. The fourth-order valence-electron chi connectivity index (χ4n) is 3.32. The average molecular weight is 423 g/mol. The van der Waals surface area contributed by atoms with E-state index in [0.717, 1.165) is 28.2 Å². The maximum Gasteiger partial charge on any atom is 0.251 e. The predicted molar refractivity (Wildman–Crippen MR) is 116 cm³/mol. The molecule has 0 saturated heterocycles. The minimum Gasteiger partial charge on any atom is -0.396 e. The zero-order chi connectivity index (χ0) is 21.7. The molecule has 154 valence electrons. The van der Waals surface area contributed by atoms with E-state index in [0.29, 0.717) is 35.5 Å². The Labute approximate surface area is 180 Å². The molecule has 0 bridgehead atoms. The van der Waals surface area contributed by atoms with E-state index in [1.54, 1.807) is 18.2 Å². The maximum atomic E-state index is 12.3. The van der Waals surface area contributed by atoms with Crippen LogP contribution in [0.25, 0.3) is 5.69 Å². The number of nitrogens with zero attached hydrogens (tertiary/aromatic N) is 3. The summed E-state index contributed by atoms with van der Waals surface area (Å²) in [6.45, 7) is 4.44. The smallest absolute Gasteiger partial charge is 0.251 e. The highest BCUT2D eigenvalue weighted by Crippen LogP contribution is 2.24. The Morgan fingerprint density at radius 3 is 2.77 bits per heavy atom. The first kappa shape index (κ1) is 21.6. The van der Waals surface area contributed by atoms with Gasteiger partial charge >= 0.3 is 0 Å². The quantitative estimate of drug-likeness (QED) is 0.568. The van der Waals surface area contributed by atoms with Crippen molar-refractivity contribution in [3.63, 3.8) is 0 Å². The van der Waals surface area contributed by atoms with Crippen LogP contribution >= 0.6 is 11.6 Å². The fraction of sp³-hybridized carbons (Fsp3) is 0.261. The highest BCUT2D eigenvalue weighted by Gasteiger charge is 2.15. The maximum absolute atomic E-state index is 12.3. The van der Waals surface area contributed by atoms with Crippen molar-refractivity contribution in [3.8, 4) is 11.8 Å². The van der Waals surface area contributed by atoms with Crippen molar-refractivity contribution in [2.75, 3.05) is 13.2 Å². The van der Waals surface area contributed by atoms with Gasteiger partial charge in [0.15, 0.2) is 0 Å². The van der Waals surface area contributed by atoms with Gasteiger partial charge in [-0.05, 0) is 56.2 Å². The van der Waals surface area contributed by atoms with Crippen LogP contribution in [0, 0.1) is 25.2 Å². The van der Waals surface area contributed by atoms with Crippen molar-refractivity contribution in [2.45, 2.75) is 26.7 Å². The molecule has 6 nitrogen and oxygen atoms in total. The van der Waals surface area contributed by atoms with Crippen LogP contribution in [0.5, 0.6) is 0 Å². The summed E-state index contributed by atoms with van der Waals surface area (Å²) in [6.07, 6.45) is 1.17. The van der Waals surface area contributed by atoms with E-state index >= 15 is 0 Å². The molecule has 0 spiro atoms. The Morgan fingerprint density at radius 2 is 2.07 bits per heavy atom. The summed E-state index contributed by atoms with van der Waals surface area (Å²) >= 11 is 6.19. The van der Waals surface area contributed by atoms with Gasteiger partial charge in [0, 0.05) is 36.4 Å². The number of carbonyl (C=O) groups excluding carboxylic acids is 1. The Kier molecular flexibility index (Phi) is 6.88. The third-order valence-corrected chi connectivity index (χ3v) is 5.26. The molecule has 1 amide bonds. The summed E-state index contributed by atoms with van der Waals surface area (Å²) in [5, 5.41) is 25.8. The first-order valence-corrected chi connectivity index (χ1v) is 10.1. The van der Waals surface area contributed by atoms with Crippen molar-refractivity contribution >= 4 is 17.5 Å². The van der Waals surface area contributed by atoms with Crippen molar-refractivity contribution in [2.24, 2.45) is 0 Å². The minimum absolute atomic E-state index is 0.0489. The highest BCUT2D eigenvalue weighted by atomic mass is 35.5. The molecule has 3 aromatic rings. The molecule has 0 unspecified atom stereocenters. The van der Waals surface area contributed by atoms with Crippen LogP contribution in [0.2, 0.25) is 5.02 Å². The predicted octanol–water partition coefficient (Wildman–Crippen LogP) is 3.72. The lowest BCUT2D eigenvalue weighted by atomic mass is 10.0. The first-order chi connectivity index (χ1) is 14.4. The van der Waals surface area contributed by atoms with E-state index in [2.05, 4.69) is 16.5 Å². The van der Waals surface area contributed by atoms with Gasteiger partial charge in [-0.3, -0.25) is 4.79 Å². The van der Waals surface area contributed by atoms with Crippen molar-refractivity contribution in [3.05, 3.63) is 81.1 Å². The number of nitrogens with one attached hydrogen (secondary N) is 1. The summed E-state index contributed by atoms with van der Waals surface area (Å²) in [5.41, 5.74) is 5.77. The number of hydrogen-bond acceptors (Lipinski definition) is 4. The van der Waals surface area contributed by atoms with E-state index in [1.807, 2.05) is 42.8 Å². The average Bonchev–Trinajstić information content (AvgIpc) is 3.02. The summed E-state index contributed by atoms with van der Waals surface area (Å²) in [7, 11) is 0. The van der Waals surface area contributed by atoms with E-state index in [-0.39, 0.29) is 12.5 Å². The molecule has 0 aliphatic rings. The molecule has 0 aliphatic carbocycles. The third kappa shape index (κ3) is 4.70. The van der Waals surface area contributed by atoms with Gasteiger partial charge in [0.25, 0.3) is 5.91 Å². The van der Waals surface area contributed by atoms with Gasteiger partial charge in [-0.1, -0.05) is 23.7 Å². The second-order valence-electron chi connectivity index (χ2n) is 7.05. The van der Waals surface area contributed by atoms with Crippen LogP contribution in [0.1, 0.15) is 44.9 Å². The topological polar surface area (TPSA) is 90.9 Å². The molecule has 2 aromatic carbocycles. The summed E-state index contributed by atoms with van der Waals surface area (Å²) in [6, 6.07) is 14.8. The van der Waals surface area contributed by atoms with Crippen LogP contribution in [-0.2, 0) is 6.42 Å². The van der Waals surface area contributed by atoms with Crippen LogP contribution < -0.4 is 5.32 Å². The molecular formula is C23H23ClN4O2. The van der Waals surface area contributed by atoms with Crippen LogP contribution in [-0.4, -0.2) is 33.9 Å². The molecule has 0 fully saturated rings. The van der Waals surface area contributed by atoms with Crippen molar-refractivity contribution < 1.29 is 9.90 Å². The molecule has 2 N–H and O–H groups in total. The number of carbonyl (C=O) groups is 1. The van der Waals surface area contributed by atoms with E-state index < -0.39 is 0 Å². The van der Waals surface area contributed by atoms with Crippen LogP contribution in [0.15, 0.2) is 42.5 Å². The van der Waals surface area contributed by atoms with Crippen LogP contribution in [0.3, 0.4) is 0 Å². The molecule has 0 radical (unpaired) electrons. The Bertz CT molecular complexity index is 1110. The van der Waals surface area contributed by atoms with Gasteiger partial charge in [-0.25, -0.2) is 4.68 Å². The Hall–Kier alpha value is -3.14. The summed E-state index contributed by atoms with van der Waals surface area (Å²) in [4.78, 5) is 12.3. The normalized spacial score (nSPS) is 10.6. The second-order valence-corrected chi connectivity index (χ2v) is 7.45. The Morgan fingerprint density at radius 1 is 1.27 bits per heavy atom. The fourth-order valence-corrected chi connectivity index (χ4v) is 3.54. The van der Waals surface area contributed by atoms with Gasteiger partial charge in [-0.2, -0.15) is 10.4 Å². The lowest BCUT2D eigenvalue weighted by Gasteiger charge is -2.08. The molecule has 1 aromatic heterocycles. The molecule has 3 rings (SSSR count). The number of aryl methyl sites for hydroxylation is 1. The first-order valence-electron chi connectivity index (χ1n) is 9.67. The monoisotopic (exact) mass is 422 g/mol. The number of benzene rings is 2. The summed E-state index contributed by atoms with van der Waals surface area (Å²) < 4.78 is 1.82. The second kappa shape index (κ2) is 9.57. The number of aromatic nitrogens is 2. The molecule has 30 heavy (non-hydrogen) atoms. The number of nitriles is 1. The molecule has 0 aliphatic heterocycles. The molecule has 0 saturated carbocycles. The van der Waals surface area contributed by atoms with Gasteiger partial charge in [0.05, 0.1) is 22.0 Å². The largest absolute Gasteiger partial charge is 0.396 e. The van der Waals surface area contributed by atoms with Gasteiger partial charge < -0.3 is 10.4 Å². The lowest BCUT2D eigenvalue weighted by molar-refractivity contribution is 0.0951. The van der Waals surface area contributed by atoms with E-state index in [4.69, 9.17) is 22.0 Å². The van der Waals surface area contributed by atoms with Crippen molar-refractivity contribution in [1.82, 2.24) is 15.1 Å². The molecule has 0 atom stereocenters. The molecule has 1 heterocycles. The SMILES string of the molecule is Cc1nn(-c2ccc(C#N)c(Cl)c2)c(C)c1Cc1cccc(C(=O)NCCCO)c1. The van der Waals surface area contributed by atoms with Crippen LogP contribution in [0.4, 0.5) is 0 Å². The number of hydrogen-bond donors (Lipinski definition) is 2. The minimum atomic E-state index is -0.151. The molecular weight excluding hydrogens is 400 g/mol. The van der Waals surface area contributed by atoms with E-state index in [9.17, 15) is 4.79 Å². The number of halogens is 1. The van der Waals surface area contributed by atoms with Gasteiger partial charge in [-0.15, -0.1) is 0 Å². The molecule has 7 heteroatoms. The third-order valence-electron chi connectivity index (χ3n) is 4.95. The number of rotatable bonds is 7. The van der Waals surface area contributed by atoms with E-state index in [1.165, 1.54) is 0 Å². The highest BCUT2D eigenvalue weighted by molar-refractivity contribution is 6.31. The lowest BCUT2D eigenvalue weighted by Crippen LogP contribution is -2.25. The number of aliphatic hydroxyl groups is 1.